The summed E-state index contributed by atoms with van der Waals surface area (Å²) in [5.74, 6) is 0.756. The molecule has 1 aliphatic rings. The molecule has 0 radical (unpaired) electrons. The largest absolute Gasteiger partial charge is 0.330 e. The first kappa shape index (κ1) is 9.66. The Morgan fingerprint density at radius 3 is 2.79 bits per heavy atom. The number of hydrogen-bond acceptors (Lipinski definition) is 1. The van der Waals surface area contributed by atoms with Crippen LogP contribution in [-0.2, 0) is 0 Å². The predicted molar refractivity (Wildman–Crippen MR) is 55.5 cm³/mol. The minimum Gasteiger partial charge on any atom is -0.330 e. The van der Waals surface area contributed by atoms with Gasteiger partial charge in [-0.15, -0.1) is 0 Å². The fourth-order valence-electron chi connectivity index (χ4n) is 2.50. The molecule has 0 aliphatic heterocycles. The molecule has 0 bridgehead atoms. The average Bonchev–Trinajstić information content (AvgIpc) is 2.66. The molecule has 2 rings (SSSR count). The number of rotatable bonds is 2. The summed E-state index contributed by atoms with van der Waals surface area (Å²) in [6, 6.07) is 7.09. The zero-order chi connectivity index (χ0) is 9.97. The van der Waals surface area contributed by atoms with Gasteiger partial charge in [0.15, 0.2) is 0 Å². The Bertz CT molecular complexity index is 311. The van der Waals surface area contributed by atoms with Gasteiger partial charge in [-0.1, -0.05) is 24.6 Å². The molecule has 0 heterocycles. The zero-order valence-corrected chi connectivity index (χ0v) is 8.25. The molecule has 2 unspecified atom stereocenters. The summed E-state index contributed by atoms with van der Waals surface area (Å²) >= 11 is 0. The van der Waals surface area contributed by atoms with E-state index in [1.165, 1.54) is 6.42 Å². The van der Waals surface area contributed by atoms with Crippen molar-refractivity contribution in [2.24, 2.45) is 11.7 Å². The van der Waals surface area contributed by atoms with Gasteiger partial charge in [-0.25, -0.2) is 4.39 Å². The van der Waals surface area contributed by atoms with Crippen LogP contribution in [0.4, 0.5) is 4.39 Å². The molecule has 0 spiro atoms. The van der Waals surface area contributed by atoms with E-state index in [2.05, 4.69) is 0 Å². The maximum atomic E-state index is 13.5. The molecule has 76 valence electrons. The van der Waals surface area contributed by atoms with Crippen LogP contribution in [0, 0.1) is 11.7 Å². The molecule has 0 amide bonds. The summed E-state index contributed by atoms with van der Waals surface area (Å²) in [5.41, 5.74) is 6.55. The van der Waals surface area contributed by atoms with Crippen LogP contribution in [0.1, 0.15) is 30.7 Å². The second-order valence-electron chi connectivity index (χ2n) is 4.05. The van der Waals surface area contributed by atoms with E-state index >= 15 is 0 Å². The van der Waals surface area contributed by atoms with Gasteiger partial charge < -0.3 is 5.73 Å². The first-order valence-corrected chi connectivity index (χ1v) is 5.27. The quantitative estimate of drug-likeness (QED) is 0.767. The van der Waals surface area contributed by atoms with Gasteiger partial charge in [0, 0.05) is 0 Å². The number of benzene rings is 1. The summed E-state index contributed by atoms with van der Waals surface area (Å²) in [7, 11) is 0. The van der Waals surface area contributed by atoms with Crippen LogP contribution in [0.25, 0.3) is 0 Å². The summed E-state index contributed by atoms with van der Waals surface area (Å²) in [6.07, 6.45) is 3.42. The van der Waals surface area contributed by atoms with Gasteiger partial charge in [-0.3, -0.25) is 0 Å². The van der Waals surface area contributed by atoms with Crippen molar-refractivity contribution in [2.45, 2.75) is 25.2 Å². The normalized spacial score (nSPS) is 26.7. The lowest BCUT2D eigenvalue weighted by atomic mass is 9.89. The minimum atomic E-state index is -0.0714. The van der Waals surface area contributed by atoms with Gasteiger partial charge in [0.05, 0.1) is 0 Å². The second kappa shape index (κ2) is 4.09. The van der Waals surface area contributed by atoms with E-state index < -0.39 is 0 Å². The molecule has 1 aromatic carbocycles. The van der Waals surface area contributed by atoms with Crippen molar-refractivity contribution >= 4 is 0 Å². The number of hydrogen-bond donors (Lipinski definition) is 1. The fourth-order valence-corrected chi connectivity index (χ4v) is 2.50. The van der Waals surface area contributed by atoms with Crippen LogP contribution in [-0.4, -0.2) is 6.54 Å². The zero-order valence-electron chi connectivity index (χ0n) is 8.25. The third kappa shape index (κ3) is 1.67. The Balaban J connectivity index is 2.26. The molecule has 1 aromatic rings. The predicted octanol–water partition coefficient (Wildman–Crippen LogP) is 2.67. The standard InChI is InChI=1S/C12H16FN/c13-12-7-2-1-5-11(12)10-6-3-4-9(10)8-14/h1-2,5,7,9-10H,3-4,6,8,14H2. The first-order chi connectivity index (χ1) is 6.83. The van der Waals surface area contributed by atoms with E-state index in [1.807, 2.05) is 12.1 Å². The van der Waals surface area contributed by atoms with Gasteiger partial charge in [-0.05, 0) is 42.9 Å². The van der Waals surface area contributed by atoms with E-state index in [0.29, 0.717) is 18.4 Å². The molecule has 1 fully saturated rings. The highest BCUT2D eigenvalue weighted by Crippen LogP contribution is 2.39. The van der Waals surface area contributed by atoms with E-state index in [0.717, 1.165) is 18.4 Å². The molecule has 2 atom stereocenters. The van der Waals surface area contributed by atoms with Gasteiger partial charge in [0.25, 0.3) is 0 Å². The lowest BCUT2D eigenvalue weighted by Gasteiger charge is -2.18. The third-order valence-electron chi connectivity index (χ3n) is 3.27. The molecule has 2 heteroatoms. The Kier molecular flexibility index (Phi) is 2.82. The smallest absolute Gasteiger partial charge is 0.126 e. The lowest BCUT2D eigenvalue weighted by Crippen LogP contribution is -2.17. The molecule has 1 saturated carbocycles. The van der Waals surface area contributed by atoms with Crippen molar-refractivity contribution in [1.29, 1.82) is 0 Å². The third-order valence-corrected chi connectivity index (χ3v) is 3.27. The lowest BCUT2D eigenvalue weighted by molar-refractivity contribution is 0.474. The summed E-state index contributed by atoms with van der Waals surface area (Å²) in [6.45, 7) is 0.680. The minimum absolute atomic E-state index is 0.0714. The second-order valence-corrected chi connectivity index (χ2v) is 4.05. The van der Waals surface area contributed by atoms with Crippen molar-refractivity contribution in [2.75, 3.05) is 6.54 Å². The van der Waals surface area contributed by atoms with E-state index in [1.54, 1.807) is 12.1 Å². The molecular formula is C12H16FN. The van der Waals surface area contributed by atoms with E-state index in [9.17, 15) is 4.39 Å². The number of halogens is 1. The molecule has 1 aliphatic carbocycles. The number of nitrogens with two attached hydrogens (primary N) is 1. The maximum absolute atomic E-state index is 13.5. The molecule has 1 nitrogen and oxygen atoms in total. The van der Waals surface area contributed by atoms with Crippen molar-refractivity contribution in [3.8, 4) is 0 Å². The van der Waals surface area contributed by atoms with Crippen LogP contribution in [0.15, 0.2) is 24.3 Å². The SMILES string of the molecule is NCC1CCCC1c1ccccc1F. The average molecular weight is 193 g/mol. The van der Waals surface area contributed by atoms with Crippen molar-refractivity contribution < 1.29 is 4.39 Å². The Hall–Kier alpha value is -0.890. The first-order valence-electron chi connectivity index (χ1n) is 5.27. The van der Waals surface area contributed by atoms with E-state index in [4.69, 9.17) is 5.73 Å². The topological polar surface area (TPSA) is 26.0 Å². The summed E-state index contributed by atoms with van der Waals surface area (Å²) in [4.78, 5) is 0. The van der Waals surface area contributed by atoms with Gasteiger partial charge >= 0.3 is 0 Å². The molecule has 0 saturated heterocycles. The fraction of sp³-hybridized carbons (Fsp3) is 0.500. The van der Waals surface area contributed by atoms with Crippen LogP contribution >= 0.6 is 0 Å². The highest BCUT2D eigenvalue weighted by molar-refractivity contribution is 5.23. The van der Waals surface area contributed by atoms with Gasteiger partial charge in [-0.2, -0.15) is 0 Å². The molecule has 2 N–H and O–H groups in total. The summed E-state index contributed by atoms with van der Waals surface area (Å²) < 4.78 is 13.5. The van der Waals surface area contributed by atoms with Crippen LogP contribution < -0.4 is 5.73 Å². The highest BCUT2D eigenvalue weighted by Gasteiger charge is 2.28. The summed E-state index contributed by atoms with van der Waals surface area (Å²) in [5, 5.41) is 0. The van der Waals surface area contributed by atoms with Gasteiger partial charge in [0.1, 0.15) is 5.82 Å². The van der Waals surface area contributed by atoms with E-state index in [-0.39, 0.29) is 5.82 Å². The van der Waals surface area contributed by atoms with Crippen LogP contribution in [0.3, 0.4) is 0 Å². The van der Waals surface area contributed by atoms with Crippen LogP contribution in [0.5, 0.6) is 0 Å². The molecule has 0 aromatic heterocycles. The highest BCUT2D eigenvalue weighted by atomic mass is 19.1. The van der Waals surface area contributed by atoms with Crippen molar-refractivity contribution in [3.05, 3.63) is 35.6 Å². The maximum Gasteiger partial charge on any atom is 0.126 e. The Morgan fingerprint density at radius 1 is 1.29 bits per heavy atom. The molecular weight excluding hydrogens is 177 g/mol. The van der Waals surface area contributed by atoms with Crippen molar-refractivity contribution in [1.82, 2.24) is 0 Å². The Morgan fingerprint density at radius 2 is 2.07 bits per heavy atom. The van der Waals surface area contributed by atoms with Gasteiger partial charge in [0.2, 0.25) is 0 Å². The Labute approximate surface area is 84.1 Å². The monoisotopic (exact) mass is 193 g/mol. The molecule has 14 heavy (non-hydrogen) atoms. The van der Waals surface area contributed by atoms with Crippen LogP contribution in [0.2, 0.25) is 0 Å². The van der Waals surface area contributed by atoms with Crippen molar-refractivity contribution in [3.63, 3.8) is 0 Å².